The van der Waals surface area contributed by atoms with Gasteiger partial charge in [0.15, 0.2) is 0 Å². The van der Waals surface area contributed by atoms with Crippen molar-refractivity contribution in [3.05, 3.63) is 59.4 Å². The first-order valence-corrected chi connectivity index (χ1v) is 6.76. The molecule has 1 aromatic heterocycles. The van der Waals surface area contributed by atoms with Gasteiger partial charge in [0.25, 0.3) is 0 Å². The molecule has 0 amide bonds. The molecule has 0 aliphatic carbocycles. The van der Waals surface area contributed by atoms with Crippen LogP contribution in [0.2, 0.25) is 0 Å². The van der Waals surface area contributed by atoms with E-state index >= 15 is 0 Å². The summed E-state index contributed by atoms with van der Waals surface area (Å²) in [6.07, 6.45) is 0.923. The van der Waals surface area contributed by atoms with E-state index in [1.54, 1.807) is 6.07 Å². The average molecular weight is 267 g/mol. The number of hydrogen-bond donors (Lipinski definition) is 1. The SMILES string of the molecule is Fc1ccc2c(c1)CN(c1nc3ccccc3[nH]1)CC2. The predicted octanol–water partition coefficient (Wildman–Crippen LogP) is 3.26. The van der Waals surface area contributed by atoms with Crippen molar-refractivity contribution in [1.29, 1.82) is 0 Å². The van der Waals surface area contributed by atoms with Crippen LogP contribution in [0.15, 0.2) is 42.5 Å². The normalized spacial score (nSPS) is 14.6. The first-order chi connectivity index (χ1) is 9.79. The van der Waals surface area contributed by atoms with Gasteiger partial charge < -0.3 is 9.88 Å². The summed E-state index contributed by atoms with van der Waals surface area (Å²) in [5.74, 6) is 0.691. The summed E-state index contributed by atoms with van der Waals surface area (Å²) >= 11 is 0. The lowest BCUT2D eigenvalue weighted by atomic mass is 10.00. The van der Waals surface area contributed by atoms with Crippen LogP contribution in [0.4, 0.5) is 10.3 Å². The zero-order valence-electron chi connectivity index (χ0n) is 10.9. The molecule has 4 heteroatoms. The number of aromatic nitrogens is 2. The fourth-order valence-electron chi connectivity index (χ4n) is 2.80. The first-order valence-electron chi connectivity index (χ1n) is 6.76. The molecule has 100 valence electrons. The summed E-state index contributed by atoms with van der Waals surface area (Å²) in [7, 11) is 0. The predicted molar refractivity (Wildman–Crippen MR) is 77.2 cm³/mol. The highest BCUT2D eigenvalue weighted by atomic mass is 19.1. The molecule has 2 aromatic carbocycles. The van der Waals surface area contributed by atoms with Gasteiger partial charge in [0.2, 0.25) is 5.95 Å². The van der Waals surface area contributed by atoms with Crippen LogP contribution in [0.3, 0.4) is 0 Å². The third-order valence-corrected chi connectivity index (χ3v) is 3.86. The summed E-state index contributed by atoms with van der Waals surface area (Å²) < 4.78 is 13.3. The molecule has 20 heavy (non-hydrogen) atoms. The van der Waals surface area contributed by atoms with E-state index in [0.717, 1.165) is 35.5 Å². The van der Waals surface area contributed by atoms with Crippen LogP contribution < -0.4 is 4.90 Å². The Morgan fingerprint density at radius 1 is 1.10 bits per heavy atom. The van der Waals surface area contributed by atoms with Crippen molar-refractivity contribution in [2.24, 2.45) is 0 Å². The molecule has 3 aromatic rings. The zero-order valence-corrected chi connectivity index (χ0v) is 10.9. The molecular formula is C16H14FN3. The molecule has 1 N–H and O–H groups in total. The van der Waals surface area contributed by atoms with Crippen LogP contribution in [0.1, 0.15) is 11.1 Å². The van der Waals surface area contributed by atoms with Crippen LogP contribution in [0.5, 0.6) is 0 Å². The summed E-state index contributed by atoms with van der Waals surface area (Å²) in [4.78, 5) is 10.1. The number of fused-ring (bicyclic) bond motifs is 2. The molecule has 0 bridgehead atoms. The topological polar surface area (TPSA) is 31.9 Å². The molecule has 0 unspecified atom stereocenters. The van der Waals surface area contributed by atoms with Gasteiger partial charge in [-0.05, 0) is 41.8 Å². The van der Waals surface area contributed by atoms with Gasteiger partial charge in [-0.25, -0.2) is 9.37 Å². The van der Waals surface area contributed by atoms with E-state index in [9.17, 15) is 4.39 Å². The van der Waals surface area contributed by atoms with Crippen LogP contribution in [0, 0.1) is 5.82 Å². The van der Waals surface area contributed by atoms with Crippen LogP contribution in [0.25, 0.3) is 11.0 Å². The Balaban J connectivity index is 1.70. The van der Waals surface area contributed by atoms with E-state index in [4.69, 9.17) is 0 Å². The van der Waals surface area contributed by atoms with Crippen molar-refractivity contribution in [3.8, 4) is 0 Å². The zero-order chi connectivity index (χ0) is 13.5. The molecule has 0 radical (unpaired) electrons. The van der Waals surface area contributed by atoms with Crippen molar-refractivity contribution >= 4 is 17.0 Å². The van der Waals surface area contributed by atoms with Crippen molar-refractivity contribution in [1.82, 2.24) is 9.97 Å². The Morgan fingerprint density at radius 2 is 2.00 bits per heavy atom. The largest absolute Gasteiger partial charge is 0.338 e. The highest BCUT2D eigenvalue weighted by Crippen LogP contribution is 2.25. The number of benzene rings is 2. The fraction of sp³-hybridized carbons (Fsp3) is 0.188. The van der Waals surface area contributed by atoms with Gasteiger partial charge in [-0.2, -0.15) is 0 Å². The number of hydrogen-bond acceptors (Lipinski definition) is 2. The molecule has 1 aliphatic rings. The average Bonchev–Trinajstić information content (AvgIpc) is 2.90. The summed E-state index contributed by atoms with van der Waals surface area (Å²) in [5, 5.41) is 0. The van der Waals surface area contributed by atoms with Gasteiger partial charge in [-0.1, -0.05) is 18.2 Å². The number of aromatic amines is 1. The number of rotatable bonds is 1. The summed E-state index contributed by atoms with van der Waals surface area (Å²) in [5.41, 5.74) is 4.29. The Morgan fingerprint density at radius 3 is 2.90 bits per heavy atom. The van der Waals surface area contributed by atoms with E-state index in [1.807, 2.05) is 30.3 Å². The van der Waals surface area contributed by atoms with E-state index in [0.29, 0.717) is 6.54 Å². The molecule has 0 atom stereocenters. The lowest BCUT2D eigenvalue weighted by Gasteiger charge is -2.28. The third-order valence-electron chi connectivity index (χ3n) is 3.86. The number of halogens is 1. The minimum atomic E-state index is -0.171. The van der Waals surface area contributed by atoms with Crippen molar-refractivity contribution < 1.29 is 4.39 Å². The number of nitrogens with one attached hydrogen (secondary N) is 1. The molecule has 2 heterocycles. The summed E-state index contributed by atoms with van der Waals surface area (Å²) in [6, 6.07) is 13.0. The van der Waals surface area contributed by atoms with Crippen LogP contribution in [-0.2, 0) is 13.0 Å². The standard InChI is InChI=1S/C16H14FN3/c17-13-6-5-11-7-8-20(10-12(11)9-13)16-18-14-3-1-2-4-15(14)19-16/h1-6,9H,7-8,10H2,(H,18,19). The molecule has 3 nitrogen and oxygen atoms in total. The molecule has 0 saturated heterocycles. The molecule has 0 fully saturated rings. The van der Waals surface area contributed by atoms with Crippen molar-refractivity contribution in [2.45, 2.75) is 13.0 Å². The second-order valence-electron chi connectivity index (χ2n) is 5.16. The molecule has 1 aliphatic heterocycles. The van der Waals surface area contributed by atoms with E-state index in [-0.39, 0.29) is 5.82 Å². The Bertz CT molecular complexity index is 745. The van der Waals surface area contributed by atoms with Crippen molar-refractivity contribution in [2.75, 3.05) is 11.4 Å². The van der Waals surface area contributed by atoms with Gasteiger partial charge in [-0.15, -0.1) is 0 Å². The smallest absolute Gasteiger partial charge is 0.204 e. The maximum Gasteiger partial charge on any atom is 0.204 e. The number of nitrogens with zero attached hydrogens (tertiary/aromatic N) is 2. The van der Waals surface area contributed by atoms with Crippen molar-refractivity contribution in [3.63, 3.8) is 0 Å². The Kier molecular flexibility index (Phi) is 2.49. The highest BCUT2D eigenvalue weighted by Gasteiger charge is 2.19. The van der Waals surface area contributed by atoms with Gasteiger partial charge in [0.05, 0.1) is 11.0 Å². The molecule has 0 spiro atoms. The third kappa shape index (κ3) is 1.84. The Labute approximate surface area is 116 Å². The molecular weight excluding hydrogens is 253 g/mol. The lowest BCUT2D eigenvalue weighted by molar-refractivity contribution is 0.618. The quantitative estimate of drug-likeness (QED) is 0.734. The Hall–Kier alpha value is -2.36. The first kappa shape index (κ1) is 11.5. The minimum absolute atomic E-state index is 0.171. The molecule has 0 saturated carbocycles. The number of anilines is 1. The number of para-hydroxylation sites is 2. The van der Waals surface area contributed by atoms with E-state index in [1.165, 1.54) is 11.6 Å². The monoisotopic (exact) mass is 267 g/mol. The number of H-pyrrole nitrogens is 1. The van der Waals surface area contributed by atoms with E-state index < -0.39 is 0 Å². The summed E-state index contributed by atoms with van der Waals surface area (Å²) in [6.45, 7) is 1.60. The minimum Gasteiger partial charge on any atom is -0.338 e. The van der Waals surface area contributed by atoms with E-state index in [2.05, 4.69) is 14.9 Å². The second-order valence-corrected chi connectivity index (χ2v) is 5.16. The van der Waals surface area contributed by atoms with Gasteiger partial charge in [0.1, 0.15) is 5.82 Å². The number of imidazole rings is 1. The maximum absolute atomic E-state index is 13.3. The van der Waals surface area contributed by atoms with Gasteiger partial charge in [-0.3, -0.25) is 0 Å². The van der Waals surface area contributed by atoms with Gasteiger partial charge in [0, 0.05) is 13.1 Å². The highest BCUT2D eigenvalue weighted by molar-refractivity contribution is 5.77. The van der Waals surface area contributed by atoms with Crippen LogP contribution in [-0.4, -0.2) is 16.5 Å². The lowest BCUT2D eigenvalue weighted by Crippen LogP contribution is -2.31. The van der Waals surface area contributed by atoms with Gasteiger partial charge >= 0.3 is 0 Å². The fourth-order valence-corrected chi connectivity index (χ4v) is 2.80. The maximum atomic E-state index is 13.3. The molecule has 4 rings (SSSR count). The second kappa shape index (κ2) is 4.34. The van der Waals surface area contributed by atoms with Crippen LogP contribution >= 0.6 is 0 Å².